The Morgan fingerprint density at radius 3 is 2.57 bits per heavy atom. The Morgan fingerprint density at radius 2 is 1.91 bits per heavy atom. The van der Waals surface area contributed by atoms with E-state index < -0.39 is 4.92 Å². The van der Waals surface area contributed by atoms with Crippen LogP contribution in [0.25, 0.3) is 10.8 Å². The standard InChI is InChI=1S/C17H15N3O3/c1-23-15-5-2-11(3-6-15)8-13-9-12-10-14(20(21)22)4-7-16(12)17(18)19-13/h2-7,9-10H,8H2,1H3,(H2,18,19). The molecule has 0 bridgehead atoms. The zero-order chi connectivity index (χ0) is 16.4. The van der Waals surface area contributed by atoms with Crippen LogP contribution in [0.15, 0.2) is 48.5 Å². The van der Waals surface area contributed by atoms with Crippen LogP contribution in [0.3, 0.4) is 0 Å². The number of hydrogen-bond donors (Lipinski definition) is 1. The molecule has 0 fully saturated rings. The number of rotatable bonds is 4. The fourth-order valence-corrected chi connectivity index (χ4v) is 2.49. The van der Waals surface area contributed by atoms with Crippen LogP contribution in [-0.4, -0.2) is 17.0 Å². The van der Waals surface area contributed by atoms with Crippen molar-refractivity contribution in [2.75, 3.05) is 12.8 Å². The van der Waals surface area contributed by atoms with Crippen molar-refractivity contribution in [2.24, 2.45) is 0 Å². The van der Waals surface area contributed by atoms with E-state index in [0.717, 1.165) is 22.4 Å². The number of methoxy groups -OCH3 is 1. The molecule has 1 heterocycles. The number of nitrogens with two attached hydrogens (primary N) is 1. The van der Waals surface area contributed by atoms with Crippen LogP contribution >= 0.6 is 0 Å². The van der Waals surface area contributed by atoms with Gasteiger partial charge >= 0.3 is 0 Å². The van der Waals surface area contributed by atoms with Gasteiger partial charge in [-0.05, 0) is 35.2 Å². The van der Waals surface area contributed by atoms with Gasteiger partial charge in [0.2, 0.25) is 0 Å². The topological polar surface area (TPSA) is 91.3 Å². The first-order chi connectivity index (χ1) is 11.1. The second-order valence-electron chi connectivity index (χ2n) is 5.19. The quantitative estimate of drug-likeness (QED) is 0.589. The third-order valence-corrected chi connectivity index (χ3v) is 3.65. The van der Waals surface area contributed by atoms with Crippen LogP contribution in [0, 0.1) is 10.1 Å². The summed E-state index contributed by atoms with van der Waals surface area (Å²) >= 11 is 0. The van der Waals surface area contributed by atoms with E-state index in [2.05, 4.69) is 4.98 Å². The summed E-state index contributed by atoms with van der Waals surface area (Å²) in [5.74, 6) is 1.16. The van der Waals surface area contributed by atoms with E-state index >= 15 is 0 Å². The highest BCUT2D eigenvalue weighted by Gasteiger charge is 2.10. The molecule has 0 unspecified atom stereocenters. The Morgan fingerprint density at radius 1 is 1.17 bits per heavy atom. The Kier molecular flexibility index (Phi) is 3.80. The minimum atomic E-state index is -0.417. The van der Waals surface area contributed by atoms with Gasteiger partial charge in [0.25, 0.3) is 5.69 Å². The number of non-ortho nitro benzene ring substituents is 1. The van der Waals surface area contributed by atoms with E-state index in [4.69, 9.17) is 10.5 Å². The predicted octanol–water partition coefficient (Wildman–Crippen LogP) is 3.32. The minimum Gasteiger partial charge on any atom is -0.497 e. The van der Waals surface area contributed by atoms with Crippen LogP contribution in [0.4, 0.5) is 11.5 Å². The van der Waals surface area contributed by atoms with Crippen molar-refractivity contribution in [2.45, 2.75) is 6.42 Å². The molecule has 0 amide bonds. The van der Waals surface area contributed by atoms with Gasteiger partial charge in [-0.25, -0.2) is 4.98 Å². The van der Waals surface area contributed by atoms with Crippen molar-refractivity contribution in [3.63, 3.8) is 0 Å². The van der Waals surface area contributed by atoms with Gasteiger partial charge in [-0.15, -0.1) is 0 Å². The summed E-state index contributed by atoms with van der Waals surface area (Å²) in [5.41, 5.74) is 7.84. The van der Waals surface area contributed by atoms with Crippen LogP contribution in [0.5, 0.6) is 5.75 Å². The summed E-state index contributed by atoms with van der Waals surface area (Å²) in [6.45, 7) is 0. The third-order valence-electron chi connectivity index (χ3n) is 3.65. The number of hydrogen-bond acceptors (Lipinski definition) is 5. The summed E-state index contributed by atoms with van der Waals surface area (Å²) in [6.07, 6.45) is 0.590. The molecule has 3 rings (SSSR count). The molecule has 0 atom stereocenters. The molecule has 6 nitrogen and oxygen atoms in total. The van der Waals surface area contributed by atoms with Gasteiger partial charge in [-0.2, -0.15) is 0 Å². The third kappa shape index (κ3) is 3.06. The van der Waals surface area contributed by atoms with E-state index in [1.807, 2.05) is 30.3 Å². The van der Waals surface area contributed by atoms with Gasteiger partial charge in [0.1, 0.15) is 11.6 Å². The van der Waals surface area contributed by atoms with Crippen LogP contribution in [-0.2, 0) is 6.42 Å². The van der Waals surface area contributed by atoms with Crippen molar-refractivity contribution in [3.8, 4) is 5.75 Å². The fourth-order valence-electron chi connectivity index (χ4n) is 2.49. The van der Waals surface area contributed by atoms with Crippen LogP contribution in [0.1, 0.15) is 11.3 Å². The molecule has 0 radical (unpaired) electrons. The van der Waals surface area contributed by atoms with Crippen LogP contribution in [0.2, 0.25) is 0 Å². The Hall–Kier alpha value is -3.15. The summed E-state index contributed by atoms with van der Waals surface area (Å²) in [7, 11) is 1.62. The monoisotopic (exact) mass is 309 g/mol. The zero-order valence-corrected chi connectivity index (χ0v) is 12.5. The maximum atomic E-state index is 10.9. The number of nitro benzene ring substituents is 1. The van der Waals surface area contributed by atoms with Gasteiger partial charge in [0.15, 0.2) is 0 Å². The predicted molar refractivity (Wildman–Crippen MR) is 88.6 cm³/mol. The number of nitro groups is 1. The molecule has 3 aromatic rings. The highest BCUT2D eigenvalue weighted by molar-refractivity contribution is 5.92. The van der Waals surface area contributed by atoms with E-state index in [1.54, 1.807) is 13.2 Å². The van der Waals surface area contributed by atoms with Crippen molar-refractivity contribution >= 4 is 22.3 Å². The van der Waals surface area contributed by atoms with E-state index in [1.165, 1.54) is 12.1 Å². The molecule has 2 aromatic carbocycles. The maximum absolute atomic E-state index is 10.9. The number of benzene rings is 2. The first-order valence-corrected chi connectivity index (χ1v) is 7.03. The summed E-state index contributed by atoms with van der Waals surface area (Å²) < 4.78 is 5.13. The van der Waals surface area contributed by atoms with Crippen molar-refractivity contribution < 1.29 is 9.66 Å². The Balaban J connectivity index is 1.98. The van der Waals surface area contributed by atoms with Crippen molar-refractivity contribution in [1.82, 2.24) is 4.98 Å². The van der Waals surface area contributed by atoms with Gasteiger partial charge in [-0.3, -0.25) is 10.1 Å². The molecule has 6 heteroatoms. The lowest BCUT2D eigenvalue weighted by molar-refractivity contribution is -0.384. The van der Waals surface area contributed by atoms with Gasteiger partial charge < -0.3 is 10.5 Å². The summed E-state index contributed by atoms with van der Waals surface area (Å²) in [4.78, 5) is 14.9. The minimum absolute atomic E-state index is 0.0403. The number of ether oxygens (including phenoxy) is 1. The second-order valence-corrected chi connectivity index (χ2v) is 5.19. The first-order valence-electron chi connectivity index (χ1n) is 7.03. The van der Waals surface area contributed by atoms with Gasteiger partial charge in [0, 0.05) is 29.6 Å². The molecule has 116 valence electrons. The molecule has 0 saturated carbocycles. The molecule has 0 aliphatic heterocycles. The molecule has 0 spiro atoms. The second kappa shape index (κ2) is 5.92. The lowest BCUT2D eigenvalue weighted by atomic mass is 10.1. The van der Waals surface area contributed by atoms with Crippen molar-refractivity contribution in [3.05, 3.63) is 69.9 Å². The lowest BCUT2D eigenvalue weighted by Crippen LogP contribution is -1.99. The molecule has 2 N–H and O–H groups in total. The maximum Gasteiger partial charge on any atom is 0.270 e. The highest BCUT2D eigenvalue weighted by atomic mass is 16.6. The zero-order valence-electron chi connectivity index (χ0n) is 12.5. The van der Waals surface area contributed by atoms with E-state index in [9.17, 15) is 10.1 Å². The number of pyridine rings is 1. The van der Waals surface area contributed by atoms with E-state index in [0.29, 0.717) is 17.6 Å². The number of fused-ring (bicyclic) bond motifs is 1. The molecule has 0 aliphatic rings. The molecule has 0 aliphatic carbocycles. The Bertz CT molecular complexity index is 876. The van der Waals surface area contributed by atoms with Crippen molar-refractivity contribution in [1.29, 1.82) is 0 Å². The largest absolute Gasteiger partial charge is 0.497 e. The number of aromatic nitrogens is 1. The molecule has 1 aromatic heterocycles. The van der Waals surface area contributed by atoms with Crippen LogP contribution < -0.4 is 10.5 Å². The highest BCUT2D eigenvalue weighted by Crippen LogP contribution is 2.26. The molecular formula is C17H15N3O3. The number of nitrogens with zero attached hydrogens (tertiary/aromatic N) is 2. The van der Waals surface area contributed by atoms with E-state index in [-0.39, 0.29) is 5.69 Å². The average molecular weight is 309 g/mol. The molecule has 0 saturated heterocycles. The summed E-state index contributed by atoms with van der Waals surface area (Å²) in [5, 5.41) is 12.3. The Labute approximate surface area is 132 Å². The number of nitrogen functional groups attached to an aromatic ring is 1. The number of anilines is 1. The smallest absolute Gasteiger partial charge is 0.270 e. The first kappa shape index (κ1) is 14.8. The average Bonchev–Trinajstić information content (AvgIpc) is 2.55. The summed E-state index contributed by atoms with van der Waals surface area (Å²) in [6, 6.07) is 14.1. The fraction of sp³-hybridized carbons (Fsp3) is 0.118. The molecule has 23 heavy (non-hydrogen) atoms. The lowest BCUT2D eigenvalue weighted by Gasteiger charge is -2.07. The molecular weight excluding hydrogens is 294 g/mol. The van der Waals surface area contributed by atoms with Gasteiger partial charge in [0.05, 0.1) is 12.0 Å². The van der Waals surface area contributed by atoms with Gasteiger partial charge in [-0.1, -0.05) is 12.1 Å². The SMILES string of the molecule is COc1ccc(Cc2cc3cc([N+](=O)[O-])ccc3c(N)n2)cc1. The normalized spacial score (nSPS) is 10.7.